The molecule has 2 aromatic rings. The maximum absolute atomic E-state index is 12.8. The number of carbonyl (C=O) groups is 1. The van der Waals surface area contributed by atoms with Gasteiger partial charge in [0.25, 0.3) is 0 Å². The molecule has 8 heteroatoms. The zero-order chi connectivity index (χ0) is 17.6. The van der Waals surface area contributed by atoms with E-state index in [0.29, 0.717) is 37.4 Å². The topological polar surface area (TPSA) is 49.3 Å². The number of pyridine rings is 2. The summed E-state index contributed by atoms with van der Waals surface area (Å²) in [5, 5.41) is 0.595. The molecule has 2 fully saturated rings. The summed E-state index contributed by atoms with van der Waals surface area (Å²) in [4.78, 5) is 24.1. The first-order valence-electron chi connectivity index (χ1n) is 8.30. The van der Waals surface area contributed by atoms with E-state index in [4.69, 9.17) is 0 Å². The monoisotopic (exact) mass is 350 g/mol. The maximum atomic E-state index is 12.8. The highest BCUT2D eigenvalue weighted by Gasteiger charge is 2.35. The SMILES string of the molecule is O=C(C1CC1)N1CCN(c2nccc3nc(C(F)(F)F)ccc23)CC1. The summed E-state index contributed by atoms with van der Waals surface area (Å²) in [5.74, 6) is 1.05. The number of piperazine rings is 1. The number of carbonyl (C=O) groups excluding carboxylic acids is 1. The number of rotatable bonds is 2. The lowest BCUT2D eigenvalue weighted by Crippen LogP contribution is -2.49. The molecule has 2 aromatic heterocycles. The van der Waals surface area contributed by atoms with E-state index in [1.165, 1.54) is 18.3 Å². The van der Waals surface area contributed by atoms with Crippen LogP contribution < -0.4 is 4.90 Å². The maximum Gasteiger partial charge on any atom is 0.433 e. The number of amides is 1. The normalized spacial score (nSPS) is 18.7. The van der Waals surface area contributed by atoms with Crippen molar-refractivity contribution in [1.82, 2.24) is 14.9 Å². The lowest BCUT2D eigenvalue weighted by Gasteiger charge is -2.36. The molecule has 5 nitrogen and oxygen atoms in total. The molecule has 25 heavy (non-hydrogen) atoms. The highest BCUT2D eigenvalue weighted by Crippen LogP contribution is 2.33. The molecule has 4 rings (SSSR count). The van der Waals surface area contributed by atoms with Gasteiger partial charge in [0.1, 0.15) is 11.5 Å². The predicted octanol–water partition coefficient (Wildman–Crippen LogP) is 2.71. The molecule has 0 bridgehead atoms. The molecule has 1 saturated carbocycles. The molecular weight excluding hydrogens is 333 g/mol. The largest absolute Gasteiger partial charge is 0.433 e. The predicted molar refractivity (Wildman–Crippen MR) is 86.1 cm³/mol. The van der Waals surface area contributed by atoms with Crippen molar-refractivity contribution in [3.05, 3.63) is 30.1 Å². The van der Waals surface area contributed by atoms with Gasteiger partial charge in [-0.3, -0.25) is 4.79 Å². The average molecular weight is 350 g/mol. The van der Waals surface area contributed by atoms with Crippen molar-refractivity contribution >= 4 is 22.6 Å². The van der Waals surface area contributed by atoms with E-state index >= 15 is 0 Å². The zero-order valence-electron chi connectivity index (χ0n) is 13.5. The van der Waals surface area contributed by atoms with Gasteiger partial charge in [0.2, 0.25) is 5.91 Å². The second-order valence-electron chi connectivity index (χ2n) is 6.48. The molecule has 1 aliphatic heterocycles. The Kier molecular flexibility index (Phi) is 3.77. The Hall–Kier alpha value is -2.38. The van der Waals surface area contributed by atoms with Gasteiger partial charge in [-0.2, -0.15) is 13.2 Å². The molecule has 0 N–H and O–H groups in total. The summed E-state index contributed by atoms with van der Waals surface area (Å²) in [6, 6.07) is 3.90. The Morgan fingerprint density at radius 1 is 1.08 bits per heavy atom. The van der Waals surface area contributed by atoms with E-state index < -0.39 is 11.9 Å². The molecule has 1 saturated heterocycles. The first-order chi connectivity index (χ1) is 11.9. The number of anilines is 1. The van der Waals surface area contributed by atoms with Gasteiger partial charge < -0.3 is 9.80 Å². The van der Waals surface area contributed by atoms with Gasteiger partial charge in [-0.15, -0.1) is 0 Å². The van der Waals surface area contributed by atoms with Crippen molar-refractivity contribution in [2.24, 2.45) is 5.92 Å². The molecule has 0 unspecified atom stereocenters. The number of aromatic nitrogens is 2. The van der Waals surface area contributed by atoms with Crippen LogP contribution in [0.15, 0.2) is 24.4 Å². The minimum absolute atomic E-state index is 0.201. The molecule has 0 aromatic carbocycles. The minimum Gasteiger partial charge on any atom is -0.353 e. The van der Waals surface area contributed by atoms with Crippen LogP contribution in [0.5, 0.6) is 0 Å². The van der Waals surface area contributed by atoms with Gasteiger partial charge in [0.15, 0.2) is 0 Å². The van der Waals surface area contributed by atoms with Gasteiger partial charge in [-0.05, 0) is 31.0 Å². The Morgan fingerprint density at radius 3 is 2.44 bits per heavy atom. The van der Waals surface area contributed by atoms with E-state index in [-0.39, 0.29) is 17.3 Å². The molecule has 1 aliphatic carbocycles. The molecule has 0 atom stereocenters. The first-order valence-corrected chi connectivity index (χ1v) is 8.30. The molecule has 3 heterocycles. The highest BCUT2D eigenvalue weighted by molar-refractivity contribution is 5.89. The number of hydrogen-bond donors (Lipinski definition) is 0. The van der Waals surface area contributed by atoms with Crippen molar-refractivity contribution in [1.29, 1.82) is 0 Å². The van der Waals surface area contributed by atoms with E-state index in [2.05, 4.69) is 9.97 Å². The van der Waals surface area contributed by atoms with Crippen LogP contribution in [-0.4, -0.2) is 47.0 Å². The van der Waals surface area contributed by atoms with Crippen molar-refractivity contribution < 1.29 is 18.0 Å². The van der Waals surface area contributed by atoms with Crippen molar-refractivity contribution in [3.63, 3.8) is 0 Å². The summed E-state index contributed by atoms with van der Waals surface area (Å²) in [6.07, 6.45) is -1.02. The Bertz CT molecular complexity index is 811. The van der Waals surface area contributed by atoms with Gasteiger partial charge in [0, 0.05) is 43.7 Å². The van der Waals surface area contributed by atoms with Crippen LogP contribution in [0.1, 0.15) is 18.5 Å². The van der Waals surface area contributed by atoms with Gasteiger partial charge in [0.05, 0.1) is 5.52 Å². The minimum atomic E-state index is -4.47. The third-order valence-electron chi connectivity index (χ3n) is 4.70. The second-order valence-corrected chi connectivity index (χ2v) is 6.48. The third kappa shape index (κ3) is 3.12. The summed E-state index contributed by atoms with van der Waals surface area (Å²) >= 11 is 0. The van der Waals surface area contributed by atoms with Gasteiger partial charge in [-0.1, -0.05) is 0 Å². The smallest absolute Gasteiger partial charge is 0.353 e. The lowest BCUT2D eigenvalue weighted by molar-refractivity contribution is -0.141. The Balaban J connectivity index is 1.56. The standard InChI is InChI=1S/C17H17F3N4O/c18-17(19,20)14-4-3-12-13(22-14)5-6-21-15(12)23-7-9-24(10-8-23)16(25)11-1-2-11/h3-6,11H,1-2,7-10H2. The molecule has 132 valence electrons. The lowest BCUT2D eigenvalue weighted by atomic mass is 10.2. The van der Waals surface area contributed by atoms with Crippen molar-refractivity contribution in [3.8, 4) is 0 Å². The van der Waals surface area contributed by atoms with E-state index in [1.807, 2.05) is 9.80 Å². The molecule has 1 amide bonds. The molecular formula is C17H17F3N4O. The summed E-state index contributed by atoms with van der Waals surface area (Å²) in [7, 11) is 0. The fourth-order valence-corrected chi connectivity index (χ4v) is 3.18. The number of halogens is 3. The molecule has 0 radical (unpaired) electrons. The molecule has 0 spiro atoms. The van der Waals surface area contributed by atoms with E-state index in [0.717, 1.165) is 18.9 Å². The number of alkyl halides is 3. The summed E-state index contributed by atoms with van der Waals surface area (Å²) in [5.41, 5.74) is -0.631. The fourth-order valence-electron chi connectivity index (χ4n) is 3.18. The van der Waals surface area contributed by atoms with E-state index in [9.17, 15) is 18.0 Å². The number of hydrogen-bond acceptors (Lipinski definition) is 4. The van der Waals surface area contributed by atoms with Crippen LogP contribution in [0.2, 0.25) is 0 Å². The second kappa shape index (κ2) is 5.86. The zero-order valence-corrected chi connectivity index (χ0v) is 13.5. The number of fused-ring (bicyclic) bond motifs is 1. The van der Waals surface area contributed by atoms with Crippen LogP contribution in [0.4, 0.5) is 19.0 Å². The van der Waals surface area contributed by atoms with Gasteiger partial charge in [-0.25, -0.2) is 9.97 Å². The summed E-state index contributed by atoms with van der Waals surface area (Å²) < 4.78 is 38.5. The Labute approximate surface area is 142 Å². The Morgan fingerprint density at radius 2 is 1.80 bits per heavy atom. The number of nitrogens with zero attached hydrogens (tertiary/aromatic N) is 4. The van der Waals surface area contributed by atoms with Crippen LogP contribution in [0.25, 0.3) is 10.9 Å². The van der Waals surface area contributed by atoms with Crippen LogP contribution >= 0.6 is 0 Å². The van der Waals surface area contributed by atoms with Crippen LogP contribution in [0, 0.1) is 5.92 Å². The summed E-state index contributed by atoms with van der Waals surface area (Å²) in [6.45, 7) is 2.46. The fraction of sp³-hybridized carbons (Fsp3) is 0.471. The first kappa shape index (κ1) is 16.1. The van der Waals surface area contributed by atoms with Crippen molar-refractivity contribution in [2.75, 3.05) is 31.1 Å². The van der Waals surface area contributed by atoms with Crippen LogP contribution in [0.3, 0.4) is 0 Å². The quantitative estimate of drug-likeness (QED) is 0.836. The average Bonchev–Trinajstić information content (AvgIpc) is 3.44. The highest BCUT2D eigenvalue weighted by atomic mass is 19.4. The molecule has 2 aliphatic rings. The third-order valence-corrected chi connectivity index (χ3v) is 4.70. The van der Waals surface area contributed by atoms with E-state index in [1.54, 1.807) is 0 Å². The van der Waals surface area contributed by atoms with Crippen LogP contribution in [-0.2, 0) is 11.0 Å². The van der Waals surface area contributed by atoms with Crippen molar-refractivity contribution in [2.45, 2.75) is 19.0 Å². The van der Waals surface area contributed by atoms with Gasteiger partial charge >= 0.3 is 6.18 Å².